The van der Waals surface area contributed by atoms with Crippen LogP contribution in [0.1, 0.15) is 12.5 Å². The van der Waals surface area contributed by atoms with Crippen LogP contribution in [0.5, 0.6) is 23.0 Å². The Morgan fingerprint density at radius 2 is 1.68 bits per heavy atom. The van der Waals surface area contributed by atoms with Gasteiger partial charge in [0.25, 0.3) is 0 Å². The van der Waals surface area contributed by atoms with E-state index < -0.39 is 0 Å². The van der Waals surface area contributed by atoms with Crippen LogP contribution in [-0.4, -0.2) is 73.3 Å². The minimum Gasteiger partial charge on any atom is -0.493 e. The Labute approximate surface area is 215 Å². The van der Waals surface area contributed by atoms with Crippen molar-refractivity contribution in [3.8, 4) is 40.3 Å². The molecule has 0 unspecified atom stereocenters. The second kappa shape index (κ2) is 11.5. The van der Waals surface area contributed by atoms with E-state index in [4.69, 9.17) is 19.0 Å². The Morgan fingerprint density at radius 3 is 2.27 bits per heavy atom. The molecule has 37 heavy (non-hydrogen) atoms. The van der Waals surface area contributed by atoms with Gasteiger partial charge in [-0.3, -0.25) is 4.79 Å². The maximum Gasteiger partial charge on any atom is 0.227 e. The van der Waals surface area contributed by atoms with Gasteiger partial charge in [-0.05, 0) is 24.3 Å². The van der Waals surface area contributed by atoms with Crippen molar-refractivity contribution in [3.05, 3.63) is 48.2 Å². The molecule has 0 spiro atoms. The van der Waals surface area contributed by atoms with E-state index in [1.165, 1.54) is 0 Å². The van der Waals surface area contributed by atoms with E-state index in [0.29, 0.717) is 72.1 Å². The lowest BCUT2D eigenvalue weighted by molar-refractivity contribution is -0.138. The number of rotatable bonds is 8. The van der Waals surface area contributed by atoms with Crippen LogP contribution in [0.4, 0.5) is 11.6 Å². The highest BCUT2D eigenvalue weighted by Crippen LogP contribution is 2.40. The number of piperazine rings is 1. The Kier molecular flexibility index (Phi) is 7.90. The van der Waals surface area contributed by atoms with Crippen molar-refractivity contribution in [2.75, 3.05) is 52.8 Å². The number of hydrogen-bond acceptors (Lipinski definition) is 10. The topological polar surface area (TPSA) is 122 Å². The molecule has 1 aliphatic rings. The number of methoxy groups -OCH3 is 3. The zero-order valence-electron chi connectivity index (χ0n) is 21.1. The van der Waals surface area contributed by atoms with Gasteiger partial charge >= 0.3 is 0 Å². The zero-order chi connectivity index (χ0) is 26.4. The normalized spacial score (nSPS) is 13.4. The largest absolute Gasteiger partial charge is 0.493 e. The summed E-state index contributed by atoms with van der Waals surface area (Å²) < 4.78 is 16.2. The van der Waals surface area contributed by atoms with Crippen LogP contribution < -0.4 is 24.4 Å². The highest BCUT2D eigenvalue weighted by Gasteiger charge is 2.21. The molecule has 4 rings (SSSR count). The first kappa shape index (κ1) is 25.5. The number of hydroxylamine groups is 2. The summed E-state index contributed by atoms with van der Waals surface area (Å²) in [4.78, 5) is 28.2. The lowest BCUT2D eigenvalue weighted by atomic mass is 10.1. The summed E-state index contributed by atoms with van der Waals surface area (Å²) in [6.45, 7) is 3.85. The SMILES string of the molecule is COc1cc(Nc2nccc(-c3ccc(ON4CCN(C(C)=O)CC4)c(C#N)c3)n2)cc(OC)c1OC. The second-order valence-electron chi connectivity index (χ2n) is 8.15. The maximum atomic E-state index is 11.5. The van der Waals surface area contributed by atoms with E-state index in [0.717, 1.165) is 5.56 Å². The molecule has 3 aromatic rings. The fourth-order valence-corrected chi connectivity index (χ4v) is 3.95. The number of ether oxygens (including phenoxy) is 3. The van der Waals surface area contributed by atoms with E-state index in [2.05, 4.69) is 21.4 Å². The molecular formula is C26H28N6O5. The number of hydrogen-bond donors (Lipinski definition) is 1. The van der Waals surface area contributed by atoms with Crippen molar-refractivity contribution < 1.29 is 23.8 Å². The molecular weight excluding hydrogens is 476 g/mol. The number of aromatic nitrogens is 2. The van der Waals surface area contributed by atoms with Crippen molar-refractivity contribution >= 4 is 17.5 Å². The van der Waals surface area contributed by atoms with Crippen molar-refractivity contribution in [2.24, 2.45) is 0 Å². The van der Waals surface area contributed by atoms with E-state index >= 15 is 0 Å². The van der Waals surface area contributed by atoms with E-state index in [-0.39, 0.29) is 5.91 Å². The van der Waals surface area contributed by atoms with Crippen molar-refractivity contribution in [1.29, 1.82) is 5.26 Å². The van der Waals surface area contributed by atoms with Gasteiger partial charge in [-0.1, -0.05) is 0 Å². The predicted molar refractivity (Wildman–Crippen MR) is 136 cm³/mol. The minimum atomic E-state index is 0.0469. The molecule has 11 nitrogen and oxygen atoms in total. The Morgan fingerprint density at radius 1 is 0.973 bits per heavy atom. The summed E-state index contributed by atoms with van der Waals surface area (Å²) in [5.74, 6) is 2.33. The third-order valence-electron chi connectivity index (χ3n) is 5.88. The van der Waals surface area contributed by atoms with Gasteiger partial charge in [-0.15, -0.1) is 5.06 Å². The van der Waals surface area contributed by atoms with Gasteiger partial charge in [-0.2, -0.15) is 5.26 Å². The summed E-state index contributed by atoms with van der Waals surface area (Å²) in [7, 11) is 4.63. The van der Waals surface area contributed by atoms with E-state index in [9.17, 15) is 10.1 Å². The van der Waals surface area contributed by atoms with Gasteiger partial charge in [0.05, 0.1) is 45.7 Å². The smallest absolute Gasteiger partial charge is 0.227 e. The number of benzene rings is 2. The molecule has 0 radical (unpaired) electrons. The fraction of sp³-hybridized carbons (Fsp3) is 0.308. The number of carbonyl (C=O) groups excluding carboxylic acids is 1. The van der Waals surface area contributed by atoms with Crippen LogP contribution >= 0.6 is 0 Å². The third kappa shape index (κ3) is 5.82. The summed E-state index contributed by atoms with van der Waals surface area (Å²) >= 11 is 0. The molecule has 1 fully saturated rings. The number of nitriles is 1. The van der Waals surface area contributed by atoms with Crippen LogP contribution in [-0.2, 0) is 4.79 Å². The number of amides is 1. The molecule has 0 bridgehead atoms. The van der Waals surface area contributed by atoms with Crippen LogP contribution in [0, 0.1) is 11.3 Å². The second-order valence-corrected chi connectivity index (χ2v) is 8.15. The quantitative estimate of drug-likeness (QED) is 0.489. The first-order valence-electron chi connectivity index (χ1n) is 11.6. The van der Waals surface area contributed by atoms with Gasteiger partial charge in [0.2, 0.25) is 17.6 Å². The van der Waals surface area contributed by atoms with E-state index in [1.54, 1.807) is 74.7 Å². The molecule has 1 aliphatic heterocycles. The molecule has 192 valence electrons. The average Bonchev–Trinajstić information content (AvgIpc) is 2.93. The lowest BCUT2D eigenvalue weighted by Crippen LogP contribution is -2.49. The Balaban J connectivity index is 1.52. The number of nitrogens with zero attached hydrogens (tertiary/aromatic N) is 5. The Bertz CT molecular complexity index is 1290. The monoisotopic (exact) mass is 504 g/mol. The lowest BCUT2D eigenvalue weighted by Gasteiger charge is -2.33. The molecule has 1 N–H and O–H groups in total. The molecule has 0 aliphatic carbocycles. The molecule has 2 heterocycles. The van der Waals surface area contributed by atoms with Gasteiger partial charge in [0.15, 0.2) is 17.2 Å². The van der Waals surface area contributed by atoms with Crippen LogP contribution in [0.25, 0.3) is 11.3 Å². The van der Waals surface area contributed by atoms with Crippen LogP contribution in [0.2, 0.25) is 0 Å². The third-order valence-corrected chi connectivity index (χ3v) is 5.88. The first-order chi connectivity index (χ1) is 17.9. The van der Waals surface area contributed by atoms with Crippen molar-refractivity contribution in [3.63, 3.8) is 0 Å². The van der Waals surface area contributed by atoms with E-state index in [1.807, 2.05) is 6.07 Å². The molecule has 0 saturated carbocycles. The van der Waals surface area contributed by atoms with Gasteiger partial charge in [0.1, 0.15) is 6.07 Å². The highest BCUT2D eigenvalue weighted by atomic mass is 16.7. The average molecular weight is 505 g/mol. The van der Waals surface area contributed by atoms with Gasteiger partial charge in [0, 0.05) is 49.6 Å². The van der Waals surface area contributed by atoms with Gasteiger partial charge in [-0.25, -0.2) is 9.97 Å². The summed E-state index contributed by atoms with van der Waals surface area (Å²) in [6, 6.07) is 12.8. The molecule has 0 atom stereocenters. The summed E-state index contributed by atoms with van der Waals surface area (Å²) in [5, 5.41) is 14.7. The zero-order valence-corrected chi connectivity index (χ0v) is 21.1. The summed E-state index contributed by atoms with van der Waals surface area (Å²) in [6.07, 6.45) is 1.63. The molecule has 2 aromatic carbocycles. The molecule has 1 saturated heterocycles. The van der Waals surface area contributed by atoms with Crippen molar-refractivity contribution in [2.45, 2.75) is 6.92 Å². The summed E-state index contributed by atoms with van der Waals surface area (Å²) in [5.41, 5.74) is 2.39. The standard InChI is InChI=1S/C26H28N6O5/c1-17(33)31-9-11-32(12-10-31)37-22-6-5-18(13-19(22)16-27)21-7-8-28-26(30-21)29-20-14-23(34-2)25(36-4)24(15-20)35-3/h5-8,13-15H,9-12H2,1-4H3,(H,28,29,30). The molecule has 1 amide bonds. The number of carbonyl (C=O) groups is 1. The molecule has 1 aromatic heterocycles. The van der Waals surface area contributed by atoms with Crippen LogP contribution in [0.15, 0.2) is 42.6 Å². The van der Waals surface area contributed by atoms with Gasteiger partial charge < -0.3 is 29.3 Å². The fourth-order valence-electron chi connectivity index (χ4n) is 3.95. The predicted octanol–water partition coefficient (Wildman–Crippen LogP) is 3.24. The highest BCUT2D eigenvalue weighted by molar-refractivity contribution is 5.73. The Hall–Kier alpha value is -4.56. The number of anilines is 2. The van der Waals surface area contributed by atoms with Crippen LogP contribution in [0.3, 0.4) is 0 Å². The maximum absolute atomic E-state index is 11.5. The molecule has 11 heteroatoms. The number of nitrogens with one attached hydrogen (secondary N) is 1. The first-order valence-corrected chi connectivity index (χ1v) is 11.6. The van der Waals surface area contributed by atoms with Crippen molar-refractivity contribution in [1.82, 2.24) is 19.9 Å². The minimum absolute atomic E-state index is 0.0469.